The zero-order valence-electron chi connectivity index (χ0n) is 16.8. The summed E-state index contributed by atoms with van der Waals surface area (Å²) in [5.74, 6) is -0.160. The first-order valence-corrected chi connectivity index (χ1v) is 10.1. The summed E-state index contributed by atoms with van der Waals surface area (Å²) in [5.41, 5.74) is 7.67. The van der Waals surface area contributed by atoms with E-state index >= 15 is 0 Å². The summed E-state index contributed by atoms with van der Waals surface area (Å²) in [7, 11) is 2.10. The Bertz CT molecular complexity index is 1170. The second-order valence-corrected chi connectivity index (χ2v) is 8.72. The third-order valence-corrected chi connectivity index (χ3v) is 5.82. The molecule has 0 saturated heterocycles. The van der Waals surface area contributed by atoms with Crippen LogP contribution >= 0.6 is 15.9 Å². The molecule has 0 bridgehead atoms. The molecule has 1 aliphatic rings. The van der Waals surface area contributed by atoms with Crippen LogP contribution in [0, 0.1) is 0 Å². The number of anilines is 1. The van der Waals surface area contributed by atoms with Crippen LogP contribution in [0.25, 0.3) is 16.5 Å². The lowest BCUT2D eigenvalue weighted by molar-refractivity contribution is 0.0929. The van der Waals surface area contributed by atoms with Gasteiger partial charge in [0, 0.05) is 28.2 Å². The summed E-state index contributed by atoms with van der Waals surface area (Å²) in [6.07, 6.45) is 3.91. The maximum absolute atomic E-state index is 12.3. The Morgan fingerprint density at radius 1 is 1.21 bits per heavy atom. The van der Waals surface area contributed by atoms with Crippen LogP contribution in [0.1, 0.15) is 42.5 Å². The molecule has 0 fully saturated rings. The van der Waals surface area contributed by atoms with Gasteiger partial charge in [0.25, 0.3) is 0 Å². The lowest BCUT2D eigenvalue weighted by atomic mass is 9.89. The van der Waals surface area contributed by atoms with Crippen molar-refractivity contribution in [2.75, 3.05) is 11.9 Å². The zero-order valence-corrected chi connectivity index (χ0v) is 18.4. The van der Waals surface area contributed by atoms with Gasteiger partial charge in [0.2, 0.25) is 0 Å². The second-order valence-electron chi connectivity index (χ2n) is 7.81. The van der Waals surface area contributed by atoms with Crippen LogP contribution in [0.2, 0.25) is 0 Å². The fraction of sp³-hybridized carbons (Fsp3) is 0.217. The highest BCUT2D eigenvalue weighted by atomic mass is 79.9. The van der Waals surface area contributed by atoms with E-state index in [1.807, 2.05) is 24.3 Å². The summed E-state index contributed by atoms with van der Waals surface area (Å²) >= 11 is 3.41. The Kier molecular flexibility index (Phi) is 4.82. The first-order chi connectivity index (χ1) is 13.7. The number of nitrogens with zero attached hydrogens (tertiary/aromatic N) is 2. The van der Waals surface area contributed by atoms with Crippen LogP contribution in [0.5, 0.6) is 0 Å². The molecule has 6 heteroatoms. The topological polar surface area (TPSA) is 57.8 Å². The number of allylic oxidation sites excluding steroid dienone is 1. The number of halogens is 1. The van der Waals surface area contributed by atoms with Crippen molar-refractivity contribution in [1.82, 2.24) is 5.43 Å². The van der Waals surface area contributed by atoms with Crippen LogP contribution in [0.4, 0.5) is 5.69 Å². The van der Waals surface area contributed by atoms with Crippen molar-refractivity contribution < 1.29 is 9.21 Å². The quantitative estimate of drug-likeness (QED) is 0.416. The standard InChI is InChI=1S/C23H22BrN3O2/c1-14-12-23(2,3)27(4)19-7-5-15(9-18(14)19)13-25-26-22(28)21-11-16-10-17(24)6-8-20(16)29-21/h5-13H,1-4H3,(H,26,28)/b25-13-. The van der Waals surface area contributed by atoms with E-state index in [0.29, 0.717) is 5.58 Å². The predicted octanol–water partition coefficient (Wildman–Crippen LogP) is 5.59. The van der Waals surface area contributed by atoms with E-state index in [1.54, 1.807) is 12.3 Å². The van der Waals surface area contributed by atoms with Crippen molar-refractivity contribution in [2.24, 2.45) is 5.10 Å². The van der Waals surface area contributed by atoms with Crippen molar-refractivity contribution in [1.29, 1.82) is 0 Å². The molecule has 0 spiro atoms. The van der Waals surface area contributed by atoms with Crippen LogP contribution in [-0.2, 0) is 0 Å². The number of amides is 1. The van der Waals surface area contributed by atoms with Gasteiger partial charge in [-0.3, -0.25) is 4.79 Å². The monoisotopic (exact) mass is 451 g/mol. The van der Waals surface area contributed by atoms with E-state index in [9.17, 15) is 4.79 Å². The van der Waals surface area contributed by atoms with Crippen LogP contribution in [0.15, 0.2) is 62.5 Å². The Balaban J connectivity index is 1.51. The molecule has 29 heavy (non-hydrogen) atoms. The summed E-state index contributed by atoms with van der Waals surface area (Å²) in [6.45, 7) is 6.51. The Morgan fingerprint density at radius 2 is 2.00 bits per heavy atom. The number of carbonyl (C=O) groups excluding carboxylic acids is 1. The second kappa shape index (κ2) is 7.19. The van der Waals surface area contributed by atoms with E-state index < -0.39 is 0 Å². The number of rotatable bonds is 3. The fourth-order valence-corrected chi connectivity index (χ4v) is 3.98. The van der Waals surface area contributed by atoms with E-state index in [4.69, 9.17) is 4.42 Å². The first kappa shape index (κ1) is 19.5. The molecule has 0 radical (unpaired) electrons. The average molecular weight is 452 g/mol. The Morgan fingerprint density at radius 3 is 2.79 bits per heavy atom. The maximum atomic E-state index is 12.3. The van der Waals surface area contributed by atoms with E-state index in [2.05, 4.69) is 77.4 Å². The van der Waals surface area contributed by atoms with E-state index in [1.165, 1.54) is 16.8 Å². The van der Waals surface area contributed by atoms with Gasteiger partial charge in [0.15, 0.2) is 5.76 Å². The molecular formula is C23H22BrN3O2. The Hall–Kier alpha value is -2.86. The van der Waals surface area contributed by atoms with Gasteiger partial charge in [-0.05, 0) is 68.3 Å². The molecule has 0 atom stereocenters. The minimum Gasteiger partial charge on any atom is -0.451 e. The number of hydrogen-bond donors (Lipinski definition) is 1. The largest absolute Gasteiger partial charge is 0.451 e. The number of benzene rings is 2. The molecule has 2 heterocycles. The fourth-order valence-electron chi connectivity index (χ4n) is 3.60. The molecule has 0 saturated carbocycles. The number of nitrogens with one attached hydrogen (secondary N) is 1. The van der Waals surface area contributed by atoms with Crippen LogP contribution in [-0.4, -0.2) is 24.7 Å². The highest BCUT2D eigenvalue weighted by Crippen LogP contribution is 2.37. The molecule has 1 amide bonds. The number of furan rings is 1. The van der Waals surface area contributed by atoms with Gasteiger partial charge in [0.1, 0.15) is 5.58 Å². The van der Waals surface area contributed by atoms with Crippen molar-refractivity contribution in [3.05, 3.63) is 69.9 Å². The summed E-state index contributed by atoms with van der Waals surface area (Å²) < 4.78 is 6.52. The van der Waals surface area contributed by atoms with Crippen LogP contribution < -0.4 is 10.3 Å². The number of likely N-dealkylation sites (N-methyl/N-ethyl adjacent to an activating group) is 1. The first-order valence-electron chi connectivity index (χ1n) is 9.35. The molecule has 1 aliphatic heterocycles. The van der Waals surface area contributed by atoms with Gasteiger partial charge < -0.3 is 9.32 Å². The molecule has 2 aromatic carbocycles. The van der Waals surface area contributed by atoms with Crippen molar-refractivity contribution in [2.45, 2.75) is 26.3 Å². The summed E-state index contributed by atoms with van der Waals surface area (Å²) in [4.78, 5) is 14.6. The third-order valence-electron chi connectivity index (χ3n) is 5.32. The van der Waals surface area contributed by atoms with Gasteiger partial charge in [-0.1, -0.05) is 28.1 Å². The molecule has 5 nitrogen and oxygen atoms in total. The van der Waals surface area contributed by atoms with Crippen molar-refractivity contribution >= 4 is 50.3 Å². The summed E-state index contributed by atoms with van der Waals surface area (Å²) in [6, 6.07) is 13.5. The van der Waals surface area contributed by atoms with Gasteiger partial charge >= 0.3 is 5.91 Å². The number of hydrazone groups is 1. The van der Waals surface area contributed by atoms with Gasteiger partial charge in [-0.25, -0.2) is 5.43 Å². The van der Waals surface area contributed by atoms with Gasteiger partial charge in [-0.2, -0.15) is 5.10 Å². The van der Waals surface area contributed by atoms with Crippen molar-refractivity contribution in [3.8, 4) is 0 Å². The molecule has 148 valence electrons. The van der Waals surface area contributed by atoms with Crippen molar-refractivity contribution in [3.63, 3.8) is 0 Å². The summed E-state index contributed by atoms with van der Waals surface area (Å²) in [5, 5.41) is 4.96. The van der Waals surface area contributed by atoms with E-state index in [0.717, 1.165) is 15.4 Å². The molecule has 1 N–H and O–H groups in total. The normalized spacial score (nSPS) is 15.5. The van der Waals surface area contributed by atoms with Crippen LogP contribution in [0.3, 0.4) is 0 Å². The molecule has 1 aromatic heterocycles. The lowest BCUT2D eigenvalue weighted by Gasteiger charge is -2.40. The molecule has 0 aliphatic carbocycles. The highest BCUT2D eigenvalue weighted by molar-refractivity contribution is 9.10. The SMILES string of the molecule is CC1=CC(C)(C)N(C)c2ccc(/C=N\NC(=O)c3cc4cc(Br)ccc4o3)cc21. The molecular weight excluding hydrogens is 430 g/mol. The maximum Gasteiger partial charge on any atom is 0.307 e. The number of fused-ring (bicyclic) bond motifs is 2. The number of carbonyl (C=O) groups is 1. The number of hydrogen-bond acceptors (Lipinski definition) is 4. The average Bonchev–Trinajstić information content (AvgIpc) is 3.09. The smallest absolute Gasteiger partial charge is 0.307 e. The van der Waals surface area contributed by atoms with E-state index in [-0.39, 0.29) is 17.2 Å². The molecule has 3 aromatic rings. The predicted molar refractivity (Wildman–Crippen MR) is 122 cm³/mol. The molecule has 0 unspecified atom stereocenters. The minimum absolute atomic E-state index is 0.0250. The van der Waals surface area contributed by atoms with Gasteiger partial charge in [-0.15, -0.1) is 0 Å². The zero-order chi connectivity index (χ0) is 20.8. The molecule has 4 rings (SSSR count). The lowest BCUT2D eigenvalue weighted by Crippen LogP contribution is -2.42. The highest BCUT2D eigenvalue weighted by Gasteiger charge is 2.28. The third kappa shape index (κ3) is 3.72. The Labute approximate surface area is 178 Å². The minimum atomic E-state index is -0.385. The van der Waals surface area contributed by atoms with Gasteiger partial charge in [0.05, 0.1) is 11.8 Å².